The molecule has 0 aliphatic heterocycles. The second kappa shape index (κ2) is 12.3. The van der Waals surface area contributed by atoms with Crippen LogP contribution in [0.4, 0.5) is 0 Å². The van der Waals surface area contributed by atoms with Gasteiger partial charge in [0, 0.05) is 38.1 Å². The molecule has 0 unspecified atom stereocenters. The number of hydrogen-bond acceptors (Lipinski definition) is 5. The molecule has 57 heavy (non-hydrogen) atoms. The van der Waals surface area contributed by atoms with E-state index < -0.39 is 0 Å². The predicted octanol–water partition coefficient (Wildman–Crippen LogP) is 13.4. The van der Waals surface area contributed by atoms with E-state index in [2.05, 4.69) is 126 Å². The number of benzene rings is 8. The molecule has 0 bridgehead atoms. The molecule has 0 saturated heterocycles. The molecule has 0 atom stereocenters. The van der Waals surface area contributed by atoms with Crippen LogP contribution < -0.4 is 0 Å². The van der Waals surface area contributed by atoms with Gasteiger partial charge in [0.05, 0.1) is 27.7 Å². The van der Waals surface area contributed by atoms with Crippen LogP contribution in [0.5, 0.6) is 0 Å². The van der Waals surface area contributed by atoms with Crippen molar-refractivity contribution in [2.75, 3.05) is 0 Å². The maximum absolute atomic E-state index is 6.86. The highest BCUT2D eigenvalue weighted by Crippen LogP contribution is 2.44. The first-order chi connectivity index (χ1) is 28.2. The third kappa shape index (κ3) is 4.94. The highest BCUT2D eigenvalue weighted by molar-refractivity contribution is 6.19. The van der Waals surface area contributed by atoms with Gasteiger partial charge >= 0.3 is 0 Å². The summed E-state index contributed by atoms with van der Waals surface area (Å²) in [6, 6.07) is 62.6. The molecule has 6 heteroatoms. The van der Waals surface area contributed by atoms with Gasteiger partial charge in [-0.25, -0.2) is 15.0 Å². The van der Waals surface area contributed by atoms with Crippen LogP contribution in [-0.2, 0) is 0 Å². The van der Waals surface area contributed by atoms with Gasteiger partial charge in [0.2, 0.25) is 0 Å². The molecule has 6 nitrogen and oxygen atoms in total. The lowest BCUT2D eigenvalue weighted by Gasteiger charge is -2.13. The predicted molar refractivity (Wildman–Crippen MR) is 230 cm³/mol. The van der Waals surface area contributed by atoms with E-state index in [4.69, 9.17) is 23.8 Å². The lowest BCUT2D eigenvalue weighted by molar-refractivity contribution is 0.669. The molecule has 12 rings (SSSR count). The van der Waals surface area contributed by atoms with Crippen LogP contribution in [0.1, 0.15) is 0 Å². The van der Waals surface area contributed by atoms with Gasteiger partial charge in [0.15, 0.2) is 17.5 Å². The summed E-state index contributed by atoms with van der Waals surface area (Å²) in [7, 11) is 0. The Morgan fingerprint density at radius 2 is 0.965 bits per heavy atom. The summed E-state index contributed by atoms with van der Waals surface area (Å²) < 4.78 is 15.6. The molecule has 266 valence electrons. The lowest BCUT2D eigenvalue weighted by atomic mass is 10.0. The molecule has 4 aromatic heterocycles. The van der Waals surface area contributed by atoms with Crippen LogP contribution in [-0.4, -0.2) is 19.5 Å². The van der Waals surface area contributed by atoms with Crippen molar-refractivity contribution in [3.05, 3.63) is 182 Å². The minimum Gasteiger partial charge on any atom is -0.456 e. The van der Waals surface area contributed by atoms with Crippen molar-refractivity contribution in [3.63, 3.8) is 0 Å². The van der Waals surface area contributed by atoms with Crippen molar-refractivity contribution in [3.8, 4) is 51.0 Å². The zero-order valence-corrected chi connectivity index (χ0v) is 30.4. The third-order valence-electron chi connectivity index (χ3n) is 11.1. The van der Waals surface area contributed by atoms with Crippen molar-refractivity contribution < 1.29 is 8.83 Å². The summed E-state index contributed by atoms with van der Waals surface area (Å²) in [6.45, 7) is 0. The Morgan fingerprint density at radius 1 is 0.351 bits per heavy atom. The largest absolute Gasteiger partial charge is 0.456 e. The zero-order chi connectivity index (χ0) is 37.5. The van der Waals surface area contributed by atoms with Crippen molar-refractivity contribution >= 4 is 65.7 Å². The Kier molecular flexibility index (Phi) is 6.83. The number of rotatable bonds is 5. The summed E-state index contributed by atoms with van der Waals surface area (Å²) in [5.74, 6) is 1.71. The Morgan fingerprint density at radius 3 is 1.77 bits per heavy atom. The van der Waals surface area contributed by atoms with E-state index in [1.807, 2.05) is 60.7 Å². The fourth-order valence-electron chi connectivity index (χ4n) is 8.43. The Labute approximate surface area is 325 Å². The number of nitrogens with zero attached hydrogens (tertiary/aromatic N) is 4. The summed E-state index contributed by atoms with van der Waals surface area (Å²) in [4.78, 5) is 15.4. The summed E-state index contributed by atoms with van der Waals surface area (Å²) in [5, 5.41) is 6.43. The molecule has 0 spiro atoms. The quantitative estimate of drug-likeness (QED) is 0.176. The van der Waals surface area contributed by atoms with E-state index >= 15 is 0 Å². The first-order valence-electron chi connectivity index (χ1n) is 19.0. The minimum absolute atomic E-state index is 0.536. The zero-order valence-electron chi connectivity index (χ0n) is 30.4. The molecular formula is C51H30N4O2. The maximum Gasteiger partial charge on any atom is 0.167 e. The Hall–Kier alpha value is -7.83. The molecule has 8 aromatic carbocycles. The van der Waals surface area contributed by atoms with E-state index in [0.717, 1.165) is 93.6 Å². The van der Waals surface area contributed by atoms with Crippen molar-refractivity contribution in [1.82, 2.24) is 19.5 Å². The van der Waals surface area contributed by atoms with Gasteiger partial charge in [0.25, 0.3) is 0 Å². The monoisotopic (exact) mass is 730 g/mol. The molecule has 0 N–H and O–H groups in total. The highest BCUT2D eigenvalue weighted by Gasteiger charge is 2.24. The smallest absolute Gasteiger partial charge is 0.167 e. The SMILES string of the molecule is c1ccc(-c2cccc(-c3nc(-c4ccccc4)nc(-c4ccc(-n5c6ccccc6c6cc7oc8ccccc8c7cc65)c5c4oc4ccccc45)n3)c2)cc1. The Bertz CT molecular complexity index is 3530. The van der Waals surface area contributed by atoms with Gasteiger partial charge in [-0.15, -0.1) is 0 Å². The normalized spacial score (nSPS) is 11.9. The van der Waals surface area contributed by atoms with Crippen molar-refractivity contribution in [2.24, 2.45) is 0 Å². The van der Waals surface area contributed by atoms with Crippen LogP contribution in [0.25, 0.3) is 117 Å². The molecule has 0 fully saturated rings. The maximum atomic E-state index is 6.86. The summed E-state index contributed by atoms with van der Waals surface area (Å²) in [6.07, 6.45) is 0. The van der Waals surface area contributed by atoms with Crippen LogP contribution in [0.15, 0.2) is 191 Å². The fraction of sp³-hybridized carbons (Fsp3) is 0. The number of fused-ring (bicyclic) bond motifs is 9. The van der Waals surface area contributed by atoms with Crippen molar-refractivity contribution in [2.45, 2.75) is 0 Å². The van der Waals surface area contributed by atoms with Crippen LogP contribution in [0.2, 0.25) is 0 Å². The van der Waals surface area contributed by atoms with E-state index in [1.54, 1.807) is 0 Å². The van der Waals surface area contributed by atoms with E-state index in [9.17, 15) is 0 Å². The molecule has 4 heterocycles. The summed E-state index contributed by atoms with van der Waals surface area (Å²) in [5.41, 5.74) is 11.2. The van der Waals surface area contributed by atoms with Gasteiger partial charge < -0.3 is 13.4 Å². The first kappa shape index (κ1) is 31.5. The van der Waals surface area contributed by atoms with Gasteiger partial charge in [-0.1, -0.05) is 133 Å². The molecule has 0 radical (unpaired) electrons. The van der Waals surface area contributed by atoms with Gasteiger partial charge in [-0.2, -0.15) is 0 Å². The number of para-hydroxylation sites is 3. The average molecular weight is 731 g/mol. The van der Waals surface area contributed by atoms with Crippen molar-refractivity contribution in [1.29, 1.82) is 0 Å². The van der Waals surface area contributed by atoms with Crippen LogP contribution in [0.3, 0.4) is 0 Å². The Balaban J connectivity index is 1.13. The highest BCUT2D eigenvalue weighted by atomic mass is 16.3. The number of hydrogen-bond donors (Lipinski definition) is 0. The molecule has 0 aliphatic carbocycles. The fourth-order valence-corrected chi connectivity index (χ4v) is 8.43. The molecule has 0 amide bonds. The lowest BCUT2D eigenvalue weighted by Crippen LogP contribution is -2.01. The topological polar surface area (TPSA) is 69.9 Å². The van der Waals surface area contributed by atoms with E-state index in [-0.39, 0.29) is 0 Å². The van der Waals surface area contributed by atoms with Gasteiger partial charge in [-0.05, 0) is 59.7 Å². The van der Waals surface area contributed by atoms with E-state index in [1.165, 1.54) is 0 Å². The van der Waals surface area contributed by atoms with Crippen LogP contribution in [0, 0.1) is 0 Å². The first-order valence-corrected chi connectivity index (χ1v) is 19.0. The second-order valence-corrected chi connectivity index (χ2v) is 14.4. The molecule has 0 aliphatic rings. The van der Waals surface area contributed by atoms with Crippen LogP contribution >= 0.6 is 0 Å². The minimum atomic E-state index is 0.536. The summed E-state index contributed by atoms with van der Waals surface area (Å²) >= 11 is 0. The third-order valence-corrected chi connectivity index (χ3v) is 11.1. The molecular weight excluding hydrogens is 701 g/mol. The number of furan rings is 2. The van der Waals surface area contributed by atoms with Gasteiger partial charge in [0.1, 0.15) is 22.3 Å². The number of aromatic nitrogens is 4. The standard InChI is InChI=1S/C51H30N4O2/c1-3-14-31(15-4-1)33-18-13-19-34(28-33)50-52-49(32-16-5-2-6-17-32)53-51(54-50)38-26-27-42(47-37-22-9-12-25-45(37)57-48(38)47)55-41-23-10-7-20-35(41)39-30-46-40(29-43(39)55)36-21-8-11-24-44(36)56-46/h1-30H. The molecule has 12 aromatic rings. The van der Waals surface area contributed by atoms with Gasteiger partial charge in [-0.3, -0.25) is 0 Å². The average Bonchev–Trinajstić information content (AvgIpc) is 3.95. The second-order valence-electron chi connectivity index (χ2n) is 14.4. The molecule has 0 saturated carbocycles. The van der Waals surface area contributed by atoms with E-state index in [0.29, 0.717) is 23.1 Å².